The van der Waals surface area contributed by atoms with Crippen LogP contribution in [0.2, 0.25) is 0 Å². The molecule has 0 N–H and O–H groups in total. The molecule has 0 fully saturated rings. The molecule has 7 heteroatoms. The van der Waals surface area contributed by atoms with Crippen molar-refractivity contribution in [1.29, 1.82) is 0 Å². The minimum absolute atomic E-state index is 0.313. The van der Waals surface area contributed by atoms with E-state index in [2.05, 4.69) is 5.41 Å². The van der Waals surface area contributed by atoms with Crippen molar-refractivity contribution in [2.24, 2.45) is 4.99 Å². The monoisotopic (exact) mass is 434 g/mol. The molecule has 0 saturated heterocycles. The lowest BCUT2D eigenvalue weighted by molar-refractivity contribution is -0.139. The average Bonchev–Trinajstić information content (AvgIpc) is 3.24. The van der Waals surface area contributed by atoms with E-state index in [0.717, 1.165) is 39.2 Å². The zero-order chi connectivity index (χ0) is 21.4. The fourth-order valence-electron chi connectivity index (χ4n) is 3.97. The molecule has 3 aliphatic rings. The van der Waals surface area contributed by atoms with Crippen LogP contribution in [0.3, 0.4) is 0 Å². The number of nitrogens with zero attached hydrogens (tertiary/aromatic N) is 2. The molecule has 2 aromatic carbocycles. The molecule has 0 saturated carbocycles. The van der Waals surface area contributed by atoms with Crippen LogP contribution in [0, 0.1) is 0 Å². The van der Waals surface area contributed by atoms with E-state index in [0.29, 0.717) is 25.4 Å². The van der Waals surface area contributed by atoms with Gasteiger partial charge in [0.05, 0.1) is 17.9 Å². The van der Waals surface area contributed by atoms with Gasteiger partial charge in [-0.05, 0) is 37.6 Å². The molecule has 31 heavy (non-hydrogen) atoms. The molecule has 0 radical (unpaired) electrons. The van der Waals surface area contributed by atoms with Gasteiger partial charge < -0.3 is 14.2 Å². The topological polar surface area (TPSA) is 60.4 Å². The lowest BCUT2D eigenvalue weighted by Crippen LogP contribution is -2.31. The average molecular weight is 435 g/mol. The maximum absolute atomic E-state index is 13.0. The van der Waals surface area contributed by atoms with E-state index in [1.54, 1.807) is 11.8 Å². The van der Waals surface area contributed by atoms with Crippen molar-refractivity contribution >= 4 is 28.6 Å². The molecule has 0 spiro atoms. The number of ether oxygens (including phenoxy) is 3. The van der Waals surface area contributed by atoms with Gasteiger partial charge >= 0.3 is 5.97 Å². The molecule has 0 amide bonds. The van der Waals surface area contributed by atoms with Crippen LogP contribution in [-0.4, -0.2) is 35.9 Å². The summed E-state index contributed by atoms with van der Waals surface area (Å²) in [7, 11) is 0. The lowest BCUT2D eigenvalue weighted by atomic mass is 9.95. The first-order valence-corrected chi connectivity index (χ1v) is 11.1. The van der Waals surface area contributed by atoms with Crippen LogP contribution in [0.5, 0.6) is 11.5 Å². The number of amidine groups is 1. The molecule has 6 nitrogen and oxygen atoms in total. The number of hydrogen-bond acceptors (Lipinski definition) is 7. The van der Waals surface area contributed by atoms with Gasteiger partial charge in [0.15, 0.2) is 16.7 Å². The van der Waals surface area contributed by atoms with Gasteiger partial charge in [0, 0.05) is 16.7 Å². The van der Waals surface area contributed by atoms with Gasteiger partial charge in [0.25, 0.3) is 0 Å². The van der Waals surface area contributed by atoms with Crippen LogP contribution < -0.4 is 9.47 Å². The third kappa shape index (κ3) is 3.49. The molecule has 158 valence electrons. The largest absolute Gasteiger partial charge is 0.486 e. The summed E-state index contributed by atoms with van der Waals surface area (Å²) >= 11 is 1.55. The SMILES string of the molecule is CCOC(=O)C1=C(C)N2C(c3ccc4c(c3)OCCO4)=CSC2=N[C@@H]1c1ccccc1. The Morgan fingerprint density at radius 2 is 1.94 bits per heavy atom. The van der Waals surface area contributed by atoms with Gasteiger partial charge in [-0.1, -0.05) is 42.1 Å². The van der Waals surface area contributed by atoms with E-state index < -0.39 is 6.04 Å². The molecule has 1 atom stereocenters. The van der Waals surface area contributed by atoms with Crippen LogP contribution in [0.1, 0.15) is 31.0 Å². The number of fused-ring (bicyclic) bond motifs is 2. The molecule has 0 bridgehead atoms. The smallest absolute Gasteiger partial charge is 0.338 e. The van der Waals surface area contributed by atoms with Crippen molar-refractivity contribution in [3.05, 3.63) is 76.3 Å². The van der Waals surface area contributed by atoms with Gasteiger partial charge in [0.1, 0.15) is 19.3 Å². The van der Waals surface area contributed by atoms with Gasteiger partial charge in [-0.15, -0.1) is 0 Å². The second-order valence-corrected chi connectivity index (χ2v) is 8.10. The first-order valence-electron chi connectivity index (χ1n) is 10.2. The molecule has 0 unspecified atom stereocenters. The number of thioether (sulfide) groups is 1. The van der Waals surface area contributed by atoms with Gasteiger partial charge in [-0.2, -0.15) is 0 Å². The third-order valence-electron chi connectivity index (χ3n) is 5.39. The summed E-state index contributed by atoms with van der Waals surface area (Å²) in [6.07, 6.45) is 0. The number of carbonyl (C=O) groups excluding carboxylic acids is 1. The second-order valence-electron chi connectivity index (χ2n) is 7.26. The summed E-state index contributed by atoms with van der Waals surface area (Å²) in [6, 6.07) is 15.4. The number of esters is 1. The number of carbonyl (C=O) groups is 1. The Morgan fingerprint density at radius 3 is 2.71 bits per heavy atom. The highest BCUT2D eigenvalue weighted by Gasteiger charge is 2.38. The van der Waals surface area contributed by atoms with Crippen molar-refractivity contribution in [2.45, 2.75) is 19.9 Å². The summed E-state index contributed by atoms with van der Waals surface area (Å²) in [5.74, 6) is 1.14. The van der Waals surface area contributed by atoms with Crippen molar-refractivity contribution < 1.29 is 19.0 Å². The molecule has 3 aliphatic heterocycles. The normalized spacial score (nSPS) is 19.5. The summed E-state index contributed by atoms with van der Waals surface area (Å²) in [6.45, 7) is 5.17. The number of hydrogen-bond donors (Lipinski definition) is 0. The number of benzene rings is 2. The summed E-state index contributed by atoms with van der Waals surface area (Å²) in [5, 5.41) is 2.90. The Balaban J connectivity index is 1.57. The Hall–Kier alpha value is -3.19. The van der Waals surface area contributed by atoms with E-state index in [-0.39, 0.29) is 5.97 Å². The molecular weight excluding hydrogens is 412 g/mol. The summed E-state index contributed by atoms with van der Waals surface area (Å²) in [5.41, 5.74) is 4.27. The van der Waals surface area contributed by atoms with Crippen molar-refractivity contribution in [1.82, 2.24) is 4.90 Å². The molecular formula is C24H22N2O4S. The van der Waals surface area contributed by atoms with Crippen LogP contribution in [0.4, 0.5) is 0 Å². The van der Waals surface area contributed by atoms with Gasteiger partial charge in [0.2, 0.25) is 0 Å². The fourth-order valence-corrected chi connectivity index (χ4v) is 4.93. The lowest BCUT2D eigenvalue weighted by Gasteiger charge is -2.32. The molecule has 5 rings (SSSR count). The third-order valence-corrected chi connectivity index (χ3v) is 6.23. The maximum atomic E-state index is 13.0. The zero-order valence-corrected chi connectivity index (χ0v) is 18.1. The van der Waals surface area contributed by atoms with E-state index in [1.807, 2.05) is 67.3 Å². The predicted octanol–water partition coefficient (Wildman–Crippen LogP) is 4.75. The molecule has 0 aromatic heterocycles. The standard InChI is InChI=1S/C24H22N2O4S/c1-3-28-23(27)21-15(2)26-18(17-9-10-19-20(13-17)30-12-11-29-19)14-31-24(26)25-22(21)16-7-5-4-6-8-16/h4-10,13-14,22H,3,11-12H2,1-2H3/t22-/m1/s1. The molecule has 3 heterocycles. The van der Waals surface area contributed by atoms with Crippen LogP contribution in [-0.2, 0) is 9.53 Å². The van der Waals surface area contributed by atoms with Crippen LogP contribution >= 0.6 is 11.8 Å². The molecule has 0 aliphatic carbocycles. The minimum atomic E-state index is -0.396. The summed E-state index contributed by atoms with van der Waals surface area (Å²) < 4.78 is 16.8. The Labute approximate surface area is 185 Å². The zero-order valence-electron chi connectivity index (χ0n) is 17.3. The second kappa shape index (κ2) is 8.15. The maximum Gasteiger partial charge on any atom is 0.338 e. The Bertz CT molecular complexity index is 1120. The number of rotatable bonds is 4. The predicted molar refractivity (Wildman–Crippen MR) is 121 cm³/mol. The van der Waals surface area contributed by atoms with E-state index in [4.69, 9.17) is 19.2 Å². The Morgan fingerprint density at radius 1 is 1.16 bits per heavy atom. The molecule has 2 aromatic rings. The van der Waals surface area contributed by atoms with Crippen molar-refractivity contribution in [2.75, 3.05) is 19.8 Å². The van der Waals surface area contributed by atoms with E-state index in [9.17, 15) is 4.79 Å². The van der Waals surface area contributed by atoms with Crippen LogP contribution in [0.15, 0.2) is 70.2 Å². The van der Waals surface area contributed by atoms with Crippen LogP contribution in [0.25, 0.3) is 5.70 Å². The quantitative estimate of drug-likeness (QED) is 0.647. The van der Waals surface area contributed by atoms with Gasteiger partial charge in [-0.25, -0.2) is 9.79 Å². The van der Waals surface area contributed by atoms with E-state index in [1.165, 1.54) is 0 Å². The minimum Gasteiger partial charge on any atom is -0.486 e. The van der Waals surface area contributed by atoms with E-state index >= 15 is 0 Å². The van der Waals surface area contributed by atoms with Crippen molar-refractivity contribution in [3.63, 3.8) is 0 Å². The van der Waals surface area contributed by atoms with Crippen molar-refractivity contribution in [3.8, 4) is 11.5 Å². The number of aliphatic imine (C=N–C) groups is 1. The highest BCUT2D eigenvalue weighted by Crippen LogP contribution is 2.45. The number of allylic oxidation sites excluding steroid dienone is 1. The Kier molecular flexibility index (Phi) is 5.19. The first kappa shape index (κ1) is 19.8. The highest BCUT2D eigenvalue weighted by atomic mass is 32.2. The highest BCUT2D eigenvalue weighted by molar-refractivity contribution is 8.16. The first-order chi connectivity index (χ1) is 15.2. The van der Waals surface area contributed by atoms with Gasteiger partial charge in [-0.3, -0.25) is 4.90 Å². The summed E-state index contributed by atoms with van der Waals surface area (Å²) in [4.78, 5) is 20.0. The fraction of sp³-hybridized carbons (Fsp3) is 0.250.